The SMILES string of the molecule is CN=C(NCc1ccc(OCC(C)C)cc1)NCC1(CCO)CCOC1. The lowest BCUT2D eigenvalue weighted by molar-refractivity contribution is 0.127. The molecule has 1 aliphatic heterocycles. The summed E-state index contributed by atoms with van der Waals surface area (Å²) in [6, 6.07) is 8.13. The van der Waals surface area contributed by atoms with Crippen LogP contribution in [0.1, 0.15) is 32.3 Å². The van der Waals surface area contributed by atoms with Crippen LogP contribution in [0.4, 0.5) is 0 Å². The van der Waals surface area contributed by atoms with Gasteiger partial charge in [0, 0.05) is 38.8 Å². The first-order valence-electron chi connectivity index (χ1n) is 9.42. The molecule has 0 bridgehead atoms. The Morgan fingerprint density at radius 1 is 1.31 bits per heavy atom. The zero-order chi connectivity index (χ0) is 18.8. The van der Waals surface area contributed by atoms with Gasteiger partial charge in [0.05, 0.1) is 13.2 Å². The van der Waals surface area contributed by atoms with Crippen molar-refractivity contribution in [2.24, 2.45) is 16.3 Å². The smallest absolute Gasteiger partial charge is 0.191 e. The maximum atomic E-state index is 9.32. The van der Waals surface area contributed by atoms with Crippen LogP contribution in [0.15, 0.2) is 29.3 Å². The highest BCUT2D eigenvalue weighted by atomic mass is 16.5. The average Bonchev–Trinajstić information content (AvgIpc) is 3.10. The van der Waals surface area contributed by atoms with Crippen molar-refractivity contribution >= 4 is 5.96 Å². The molecule has 3 N–H and O–H groups in total. The molecule has 1 heterocycles. The minimum Gasteiger partial charge on any atom is -0.493 e. The second-order valence-corrected chi connectivity index (χ2v) is 7.40. The van der Waals surface area contributed by atoms with E-state index >= 15 is 0 Å². The van der Waals surface area contributed by atoms with Gasteiger partial charge in [0.1, 0.15) is 5.75 Å². The fourth-order valence-corrected chi connectivity index (χ4v) is 2.96. The molecule has 26 heavy (non-hydrogen) atoms. The number of ether oxygens (including phenoxy) is 2. The molecule has 1 aliphatic rings. The van der Waals surface area contributed by atoms with Gasteiger partial charge in [-0.15, -0.1) is 0 Å². The van der Waals surface area contributed by atoms with Gasteiger partial charge in [-0.05, 0) is 36.5 Å². The Kier molecular flexibility index (Phi) is 8.19. The number of hydrogen-bond acceptors (Lipinski definition) is 4. The normalized spacial score (nSPS) is 20.4. The molecule has 0 spiro atoms. The summed E-state index contributed by atoms with van der Waals surface area (Å²) in [5.74, 6) is 2.18. The fourth-order valence-electron chi connectivity index (χ4n) is 2.96. The van der Waals surface area contributed by atoms with E-state index in [1.54, 1.807) is 7.05 Å². The maximum absolute atomic E-state index is 9.32. The van der Waals surface area contributed by atoms with Crippen LogP contribution >= 0.6 is 0 Å². The lowest BCUT2D eigenvalue weighted by Gasteiger charge is -2.27. The van der Waals surface area contributed by atoms with E-state index in [1.807, 2.05) is 12.1 Å². The van der Waals surface area contributed by atoms with Gasteiger partial charge < -0.3 is 25.2 Å². The standard InChI is InChI=1S/C20H33N3O3/c1-16(2)13-26-18-6-4-17(5-7-18)12-22-19(21-3)23-14-20(8-10-24)9-11-25-15-20/h4-7,16,24H,8-15H2,1-3H3,(H2,21,22,23). The van der Waals surface area contributed by atoms with Crippen LogP contribution < -0.4 is 15.4 Å². The van der Waals surface area contributed by atoms with Crippen molar-refractivity contribution in [3.63, 3.8) is 0 Å². The van der Waals surface area contributed by atoms with Crippen LogP contribution in [-0.2, 0) is 11.3 Å². The van der Waals surface area contributed by atoms with Gasteiger partial charge in [0.2, 0.25) is 0 Å². The van der Waals surface area contributed by atoms with Crippen molar-refractivity contribution in [2.45, 2.75) is 33.2 Å². The molecule has 0 aliphatic carbocycles. The molecule has 1 unspecified atom stereocenters. The maximum Gasteiger partial charge on any atom is 0.191 e. The van der Waals surface area contributed by atoms with Gasteiger partial charge in [-0.2, -0.15) is 0 Å². The highest BCUT2D eigenvalue weighted by molar-refractivity contribution is 5.79. The Morgan fingerprint density at radius 3 is 2.65 bits per heavy atom. The molecular formula is C20H33N3O3. The summed E-state index contributed by atoms with van der Waals surface area (Å²) < 4.78 is 11.2. The molecule has 2 rings (SSSR count). The number of benzene rings is 1. The Hall–Kier alpha value is -1.79. The fraction of sp³-hybridized carbons (Fsp3) is 0.650. The van der Waals surface area contributed by atoms with E-state index in [-0.39, 0.29) is 12.0 Å². The first-order chi connectivity index (χ1) is 12.6. The number of guanidine groups is 1. The number of aliphatic hydroxyl groups is 1. The molecule has 0 saturated carbocycles. The number of aliphatic hydroxyl groups excluding tert-OH is 1. The number of nitrogens with zero attached hydrogens (tertiary/aromatic N) is 1. The largest absolute Gasteiger partial charge is 0.493 e. The summed E-state index contributed by atoms with van der Waals surface area (Å²) in [5, 5.41) is 16.0. The molecule has 1 fully saturated rings. The molecule has 6 nitrogen and oxygen atoms in total. The first-order valence-corrected chi connectivity index (χ1v) is 9.42. The number of rotatable bonds is 9. The summed E-state index contributed by atoms with van der Waals surface area (Å²) in [4.78, 5) is 4.29. The number of hydrogen-bond donors (Lipinski definition) is 3. The molecule has 1 atom stereocenters. The van der Waals surface area contributed by atoms with E-state index in [4.69, 9.17) is 9.47 Å². The van der Waals surface area contributed by atoms with Gasteiger partial charge in [0.25, 0.3) is 0 Å². The molecular weight excluding hydrogens is 330 g/mol. The lowest BCUT2D eigenvalue weighted by Crippen LogP contribution is -2.44. The monoisotopic (exact) mass is 363 g/mol. The molecule has 0 amide bonds. The zero-order valence-corrected chi connectivity index (χ0v) is 16.3. The second kappa shape index (κ2) is 10.4. The minimum atomic E-state index is 0.00176. The van der Waals surface area contributed by atoms with E-state index in [9.17, 15) is 5.11 Å². The van der Waals surface area contributed by atoms with Gasteiger partial charge in [-0.1, -0.05) is 26.0 Å². The van der Waals surface area contributed by atoms with E-state index in [2.05, 4.69) is 41.6 Å². The third-order valence-corrected chi connectivity index (χ3v) is 4.65. The predicted molar refractivity (Wildman–Crippen MR) is 105 cm³/mol. The molecule has 1 aromatic rings. The van der Waals surface area contributed by atoms with Crippen molar-refractivity contribution in [2.75, 3.05) is 40.0 Å². The Labute approximate surface area is 157 Å². The van der Waals surface area contributed by atoms with Gasteiger partial charge in [0.15, 0.2) is 5.96 Å². The first kappa shape index (κ1) is 20.5. The predicted octanol–water partition coefficient (Wildman–Crippen LogP) is 2.18. The molecule has 0 radical (unpaired) electrons. The molecule has 1 saturated heterocycles. The Bertz CT molecular complexity index is 552. The van der Waals surface area contributed by atoms with E-state index in [1.165, 1.54) is 5.56 Å². The summed E-state index contributed by atoms with van der Waals surface area (Å²) in [6.45, 7) is 8.07. The summed E-state index contributed by atoms with van der Waals surface area (Å²) >= 11 is 0. The third-order valence-electron chi connectivity index (χ3n) is 4.65. The van der Waals surface area contributed by atoms with Crippen molar-refractivity contribution in [3.8, 4) is 5.75 Å². The van der Waals surface area contributed by atoms with E-state index in [0.29, 0.717) is 19.1 Å². The number of nitrogens with one attached hydrogen (secondary N) is 2. The van der Waals surface area contributed by atoms with Gasteiger partial charge in [-0.25, -0.2) is 0 Å². The van der Waals surface area contributed by atoms with Crippen LogP contribution in [0, 0.1) is 11.3 Å². The van der Waals surface area contributed by atoms with Crippen LogP contribution in [0.25, 0.3) is 0 Å². The third kappa shape index (κ3) is 6.50. The van der Waals surface area contributed by atoms with Crippen LogP contribution in [0.3, 0.4) is 0 Å². The summed E-state index contributed by atoms with van der Waals surface area (Å²) in [5.41, 5.74) is 1.17. The van der Waals surface area contributed by atoms with Crippen molar-refractivity contribution in [1.29, 1.82) is 0 Å². The lowest BCUT2D eigenvalue weighted by atomic mass is 9.84. The highest BCUT2D eigenvalue weighted by Crippen LogP contribution is 2.31. The summed E-state index contributed by atoms with van der Waals surface area (Å²) in [7, 11) is 1.77. The zero-order valence-electron chi connectivity index (χ0n) is 16.3. The summed E-state index contributed by atoms with van der Waals surface area (Å²) in [6.07, 6.45) is 1.71. The van der Waals surface area contributed by atoms with Crippen molar-refractivity contribution in [3.05, 3.63) is 29.8 Å². The average molecular weight is 364 g/mol. The highest BCUT2D eigenvalue weighted by Gasteiger charge is 2.34. The molecule has 0 aromatic heterocycles. The quantitative estimate of drug-likeness (QED) is 0.463. The van der Waals surface area contributed by atoms with Gasteiger partial charge in [-0.3, -0.25) is 4.99 Å². The van der Waals surface area contributed by atoms with Crippen LogP contribution in [0.5, 0.6) is 5.75 Å². The van der Waals surface area contributed by atoms with Crippen LogP contribution in [-0.4, -0.2) is 51.1 Å². The van der Waals surface area contributed by atoms with Crippen molar-refractivity contribution in [1.82, 2.24) is 10.6 Å². The molecule has 146 valence electrons. The van der Waals surface area contributed by atoms with E-state index in [0.717, 1.165) is 44.3 Å². The Morgan fingerprint density at radius 2 is 2.08 bits per heavy atom. The molecule has 6 heteroatoms. The minimum absolute atomic E-state index is 0.00176. The van der Waals surface area contributed by atoms with Crippen molar-refractivity contribution < 1.29 is 14.6 Å². The van der Waals surface area contributed by atoms with Gasteiger partial charge >= 0.3 is 0 Å². The topological polar surface area (TPSA) is 75.1 Å². The second-order valence-electron chi connectivity index (χ2n) is 7.40. The van der Waals surface area contributed by atoms with E-state index < -0.39 is 0 Å². The number of aliphatic imine (C=N–C) groups is 1. The Balaban J connectivity index is 1.79. The molecule has 1 aromatic carbocycles. The van der Waals surface area contributed by atoms with Crippen LogP contribution in [0.2, 0.25) is 0 Å².